The van der Waals surface area contributed by atoms with E-state index in [0.717, 1.165) is 5.56 Å². The first-order valence-corrected chi connectivity index (χ1v) is 6.49. The van der Waals surface area contributed by atoms with Crippen molar-refractivity contribution < 1.29 is 13.6 Å². The van der Waals surface area contributed by atoms with Gasteiger partial charge < -0.3 is 9.73 Å². The molecule has 22 heavy (non-hydrogen) atoms. The molecule has 0 fully saturated rings. The average molecular weight is 298 g/mol. The van der Waals surface area contributed by atoms with Crippen LogP contribution in [-0.2, 0) is 6.54 Å². The van der Waals surface area contributed by atoms with Crippen molar-refractivity contribution in [1.82, 2.24) is 20.5 Å². The molecule has 1 aromatic carbocycles. The molecule has 0 aliphatic heterocycles. The van der Waals surface area contributed by atoms with Crippen LogP contribution >= 0.6 is 0 Å². The quantitative estimate of drug-likeness (QED) is 0.798. The highest BCUT2D eigenvalue weighted by atomic mass is 19.1. The van der Waals surface area contributed by atoms with Gasteiger partial charge in [0.25, 0.3) is 5.89 Å². The number of hydrogen-bond acceptors (Lipinski definition) is 5. The van der Waals surface area contributed by atoms with E-state index in [-0.39, 0.29) is 17.3 Å². The number of benzene rings is 1. The molecule has 0 spiro atoms. The topological polar surface area (TPSA) is 80.9 Å². The Morgan fingerprint density at radius 3 is 2.68 bits per heavy atom. The molecule has 0 atom stereocenters. The predicted molar refractivity (Wildman–Crippen MR) is 75.1 cm³/mol. The van der Waals surface area contributed by atoms with Gasteiger partial charge in [-0.1, -0.05) is 12.1 Å². The average Bonchev–Trinajstić information content (AvgIpc) is 3.04. The van der Waals surface area contributed by atoms with Gasteiger partial charge in [0.2, 0.25) is 0 Å². The van der Waals surface area contributed by atoms with E-state index in [1.54, 1.807) is 36.7 Å². The second-order valence-corrected chi connectivity index (χ2v) is 4.43. The second kappa shape index (κ2) is 6.13. The summed E-state index contributed by atoms with van der Waals surface area (Å²) in [6.07, 6.45) is 3.26. The van der Waals surface area contributed by atoms with Crippen molar-refractivity contribution in [2.75, 3.05) is 0 Å². The van der Waals surface area contributed by atoms with Gasteiger partial charge in [-0.2, -0.15) is 0 Å². The minimum atomic E-state index is -0.521. The molecule has 2 heterocycles. The van der Waals surface area contributed by atoms with Crippen LogP contribution in [0.3, 0.4) is 0 Å². The highest BCUT2D eigenvalue weighted by Crippen LogP contribution is 2.20. The van der Waals surface area contributed by atoms with E-state index in [1.807, 2.05) is 0 Å². The molecule has 7 heteroatoms. The fraction of sp³-hybridized carbons (Fsp3) is 0.0667. The number of amides is 1. The molecular weight excluding hydrogens is 287 g/mol. The molecule has 0 saturated heterocycles. The van der Waals surface area contributed by atoms with Crippen LogP contribution in [0, 0.1) is 5.82 Å². The lowest BCUT2D eigenvalue weighted by atomic mass is 10.2. The third-order valence-electron chi connectivity index (χ3n) is 2.93. The van der Waals surface area contributed by atoms with Gasteiger partial charge in [0.05, 0.1) is 5.56 Å². The summed E-state index contributed by atoms with van der Waals surface area (Å²) in [5.41, 5.74) is 1.04. The fourth-order valence-corrected chi connectivity index (χ4v) is 1.82. The monoisotopic (exact) mass is 298 g/mol. The van der Waals surface area contributed by atoms with Crippen LogP contribution in [0.15, 0.2) is 53.2 Å². The van der Waals surface area contributed by atoms with Gasteiger partial charge in [0, 0.05) is 18.9 Å². The van der Waals surface area contributed by atoms with Crippen LogP contribution < -0.4 is 5.32 Å². The van der Waals surface area contributed by atoms with Gasteiger partial charge in [-0.05, 0) is 29.8 Å². The molecule has 3 aromatic rings. The maximum Gasteiger partial charge on any atom is 0.309 e. The van der Waals surface area contributed by atoms with Crippen molar-refractivity contribution in [3.05, 3.63) is 66.1 Å². The van der Waals surface area contributed by atoms with Gasteiger partial charge in [0.1, 0.15) is 5.82 Å². The zero-order valence-electron chi connectivity index (χ0n) is 11.4. The standard InChI is InChI=1S/C15H11FN4O2/c16-12-4-2-1-3-11(12)14-19-20-15(22-14)13(21)18-9-10-5-7-17-8-6-10/h1-8H,9H2,(H,18,21). The predicted octanol–water partition coefficient (Wildman–Crippen LogP) is 2.20. The Morgan fingerprint density at radius 2 is 1.91 bits per heavy atom. The highest BCUT2D eigenvalue weighted by Gasteiger charge is 2.17. The van der Waals surface area contributed by atoms with E-state index in [0.29, 0.717) is 6.54 Å². The Kier molecular flexibility index (Phi) is 3.86. The van der Waals surface area contributed by atoms with Crippen molar-refractivity contribution in [2.45, 2.75) is 6.54 Å². The Hall–Kier alpha value is -3.09. The maximum absolute atomic E-state index is 13.6. The largest absolute Gasteiger partial charge is 0.412 e. The number of carbonyl (C=O) groups is 1. The number of halogens is 1. The molecule has 0 bridgehead atoms. The van der Waals surface area contributed by atoms with Gasteiger partial charge in [-0.15, -0.1) is 10.2 Å². The first-order valence-electron chi connectivity index (χ1n) is 6.49. The number of aromatic nitrogens is 3. The Morgan fingerprint density at radius 1 is 1.14 bits per heavy atom. The van der Waals surface area contributed by atoms with Crippen LogP contribution in [0.1, 0.15) is 16.2 Å². The minimum Gasteiger partial charge on any atom is -0.412 e. The molecule has 2 aromatic heterocycles. The normalized spacial score (nSPS) is 10.4. The fourth-order valence-electron chi connectivity index (χ4n) is 1.82. The Labute approximate surface area is 125 Å². The summed E-state index contributed by atoms with van der Waals surface area (Å²) in [5, 5.41) is 9.97. The van der Waals surface area contributed by atoms with Crippen LogP contribution in [0.2, 0.25) is 0 Å². The number of carbonyl (C=O) groups excluding carboxylic acids is 1. The first kappa shape index (κ1) is 13.9. The van der Waals surface area contributed by atoms with E-state index >= 15 is 0 Å². The molecule has 0 aliphatic rings. The second-order valence-electron chi connectivity index (χ2n) is 4.43. The van der Waals surface area contributed by atoms with Crippen LogP contribution in [0.5, 0.6) is 0 Å². The smallest absolute Gasteiger partial charge is 0.309 e. The van der Waals surface area contributed by atoms with Gasteiger partial charge in [-0.25, -0.2) is 4.39 Å². The molecule has 0 saturated carbocycles. The van der Waals surface area contributed by atoms with E-state index in [4.69, 9.17) is 4.42 Å². The molecule has 1 N–H and O–H groups in total. The number of nitrogens with one attached hydrogen (secondary N) is 1. The zero-order chi connectivity index (χ0) is 15.4. The lowest BCUT2D eigenvalue weighted by Crippen LogP contribution is -2.23. The van der Waals surface area contributed by atoms with Gasteiger partial charge in [0.15, 0.2) is 0 Å². The summed E-state index contributed by atoms with van der Waals surface area (Å²) < 4.78 is 18.8. The highest BCUT2D eigenvalue weighted by molar-refractivity contribution is 5.89. The van der Waals surface area contributed by atoms with Gasteiger partial charge >= 0.3 is 11.8 Å². The molecular formula is C15H11FN4O2. The minimum absolute atomic E-state index is 0.0350. The number of hydrogen-bond donors (Lipinski definition) is 1. The Balaban J connectivity index is 1.71. The maximum atomic E-state index is 13.6. The molecule has 0 radical (unpaired) electrons. The molecule has 3 rings (SSSR count). The van der Waals surface area contributed by atoms with Crippen molar-refractivity contribution >= 4 is 5.91 Å². The molecule has 6 nitrogen and oxygen atoms in total. The van der Waals surface area contributed by atoms with E-state index in [2.05, 4.69) is 20.5 Å². The summed E-state index contributed by atoms with van der Waals surface area (Å²) >= 11 is 0. The molecule has 0 aliphatic carbocycles. The summed E-state index contributed by atoms with van der Waals surface area (Å²) in [5.74, 6) is -1.26. The molecule has 0 unspecified atom stereocenters. The molecule has 1 amide bonds. The summed E-state index contributed by atoms with van der Waals surface area (Å²) in [7, 11) is 0. The van der Waals surface area contributed by atoms with Crippen LogP contribution in [-0.4, -0.2) is 21.1 Å². The van der Waals surface area contributed by atoms with E-state index in [1.165, 1.54) is 12.1 Å². The van der Waals surface area contributed by atoms with Gasteiger partial charge in [-0.3, -0.25) is 9.78 Å². The zero-order valence-corrected chi connectivity index (χ0v) is 11.4. The lowest BCUT2D eigenvalue weighted by molar-refractivity contribution is 0.0916. The van der Waals surface area contributed by atoms with Crippen molar-refractivity contribution in [3.8, 4) is 11.5 Å². The first-order chi connectivity index (χ1) is 10.7. The van der Waals surface area contributed by atoms with Crippen LogP contribution in [0.25, 0.3) is 11.5 Å². The Bertz CT molecular complexity index is 789. The van der Waals surface area contributed by atoms with Crippen molar-refractivity contribution in [2.24, 2.45) is 0 Å². The third-order valence-corrected chi connectivity index (χ3v) is 2.93. The summed E-state index contributed by atoms with van der Waals surface area (Å²) in [6, 6.07) is 9.53. The SMILES string of the molecule is O=C(NCc1ccncc1)c1nnc(-c2ccccc2F)o1. The van der Waals surface area contributed by atoms with Crippen molar-refractivity contribution in [3.63, 3.8) is 0 Å². The lowest BCUT2D eigenvalue weighted by Gasteiger charge is -2.01. The van der Waals surface area contributed by atoms with E-state index < -0.39 is 11.7 Å². The molecule has 110 valence electrons. The summed E-state index contributed by atoms with van der Waals surface area (Å²) in [6.45, 7) is 0.304. The number of rotatable bonds is 4. The number of pyridine rings is 1. The number of nitrogens with zero attached hydrogens (tertiary/aromatic N) is 3. The van der Waals surface area contributed by atoms with E-state index in [9.17, 15) is 9.18 Å². The van der Waals surface area contributed by atoms with Crippen LogP contribution in [0.4, 0.5) is 4.39 Å². The third kappa shape index (κ3) is 2.98. The summed E-state index contributed by atoms with van der Waals surface area (Å²) in [4.78, 5) is 15.8. The van der Waals surface area contributed by atoms with Crippen molar-refractivity contribution in [1.29, 1.82) is 0 Å².